The highest BCUT2D eigenvalue weighted by atomic mass is 79.9. The van der Waals surface area contributed by atoms with E-state index in [1.54, 1.807) is 29.8 Å². The van der Waals surface area contributed by atoms with Gasteiger partial charge in [-0.3, -0.25) is 9.69 Å². The number of anilines is 1. The lowest BCUT2D eigenvalue weighted by Crippen LogP contribution is -2.29. The fourth-order valence-corrected chi connectivity index (χ4v) is 2.65. The van der Waals surface area contributed by atoms with Crippen molar-refractivity contribution in [1.29, 1.82) is 0 Å². The quantitative estimate of drug-likeness (QED) is 0.630. The fourth-order valence-electron chi connectivity index (χ4n) is 2.32. The number of hydrogen-bond acceptors (Lipinski definition) is 5. The Morgan fingerprint density at radius 1 is 1.25 bits per heavy atom. The van der Waals surface area contributed by atoms with Crippen LogP contribution >= 0.6 is 15.9 Å². The minimum absolute atomic E-state index is 0.212. The molecule has 0 saturated carbocycles. The van der Waals surface area contributed by atoms with E-state index in [9.17, 15) is 4.79 Å². The first-order valence-corrected chi connectivity index (χ1v) is 8.18. The number of pyridine rings is 1. The summed E-state index contributed by atoms with van der Waals surface area (Å²) < 4.78 is 2.32. The summed E-state index contributed by atoms with van der Waals surface area (Å²) in [6.45, 7) is 6.16. The van der Waals surface area contributed by atoms with Crippen LogP contribution in [0.3, 0.4) is 0 Å². The number of amides is 1. The lowest BCUT2D eigenvalue weighted by atomic mass is 9.91. The summed E-state index contributed by atoms with van der Waals surface area (Å²) in [6.07, 6.45) is 1.44. The van der Waals surface area contributed by atoms with E-state index in [-0.39, 0.29) is 11.3 Å². The van der Waals surface area contributed by atoms with E-state index in [1.807, 2.05) is 6.07 Å². The largest absolute Gasteiger partial charge is 0.294 e. The SMILES string of the molecule is CN(C(=O)c1cc(C(C)(C)C)n2ncnc2n1)c1cccc(Br)n1. The van der Waals surface area contributed by atoms with Gasteiger partial charge in [-0.05, 0) is 34.1 Å². The van der Waals surface area contributed by atoms with E-state index < -0.39 is 0 Å². The van der Waals surface area contributed by atoms with Crippen LogP contribution in [0.25, 0.3) is 5.78 Å². The van der Waals surface area contributed by atoms with Crippen LogP contribution in [-0.4, -0.2) is 37.5 Å². The Balaban J connectivity index is 2.07. The molecule has 3 rings (SSSR count). The molecule has 0 aliphatic rings. The zero-order valence-corrected chi connectivity index (χ0v) is 15.4. The first-order valence-electron chi connectivity index (χ1n) is 7.39. The maximum Gasteiger partial charge on any atom is 0.277 e. The summed E-state index contributed by atoms with van der Waals surface area (Å²) in [5.74, 6) is 0.688. The van der Waals surface area contributed by atoms with Gasteiger partial charge in [-0.2, -0.15) is 10.1 Å². The number of fused-ring (bicyclic) bond motifs is 1. The first kappa shape index (κ1) is 16.5. The van der Waals surface area contributed by atoms with Crippen LogP contribution in [0.2, 0.25) is 0 Å². The monoisotopic (exact) mass is 388 g/mol. The van der Waals surface area contributed by atoms with Crippen LogP contribution in [0.15, 0.2) is 35.2 Å². The highest BCUT2D eigenvalue weighted by molar-refractivity contribution is 9.10. The molecular weight excluding hydrogens is 372 g/mol. The van der Waals surface area contributed by atoms with Gasteiger partial charge in [-0.1, -0.05) is 26.8 Å². The van der Waals surface area contributed by atoms with Crippen molar-refractivity contribution in [3.05, 3.63) is 46.6 Å². The Morgan fingerprint density at radius 2 is 2.00 bits per heavy atom. The molecule has 0 unspecified atom stereocenters. The normalized spacial score (nSPS) is 11.7. The van der Waals surface area contributed by atoms with Crippen molar-refractivity contribution < 1.29 is 4.79 Å². The predicted octanol–water partition coefficient (Wildman–Crippen LogP) is 2.86. The van der Waals surface area contributed by atoms with Gasteiger partial charge in [0.05, 0.1) is 5.69 Å². The lowest BCUT2D eigenvalue weighted by molar-refractivity contribution is 0.0987. The van der Waals surface area contributed by atoms with Crippen LogP contribution in [0.1, 0.15) is 37.0 Å². The number of rotatable bonds is 2. The summed E-state index contributed by atoms with van der Waals surface area (Å²) in [5, 5.41) is 4.20. The molecule has 0 bridgehead atoms. The molecule has 0 fully saturated rings. The van der Waals surface area contributed by atoms with Gasteiger partial charge < -0.3 is 0 Å². The highest BCUT2D eigenvalue weighted by Crippen LogP contribution is 2.23. The Morgan fingerprint density at radius 3 is 2.67 bits per heavy atom. The van der Waals surface area contributed by atoms with Crippen LogP contribution in [0.4, 0.5) is 5.82 Å². The van der Waals surface area contributed by atoms with Crippen molar-refractivity contribution in [3.63, 3.8) is 0 Å². The first-order chi connectivity index (χ1) is 11.3. The van der Waals surface area contributed by atoms with Gasteiger partial charge >= 0.3 is 0 Å². The molecule has 0 saturated heterocycles. The molecule has 8 heteroatoms. The zero-order valence-electron chi connectivity index (χ0n) is 13.9. The van der Waals surface area contributed by atoms with Gasteiger partial charge in [0.2, 0.25) is 0 Å². The molecule has 0 aromatic carbocycles. The van der Waals surface area contributed by atoms with E-state index in [4.69, 9.17) is 0 Å². The topological polar surface area (TPSA) is 76.3 Å². The van der Waals surface area contributed by atoms with Crippen molar-refractivity contribution in [1.82, 2.24) is 24.6 Å². The minimum Gasteiger partial charge on any atom is -0.294 e. The van der Waals surface area contributed by atoms with Gasteiger partial charge in [0.15, 0.2) is 0 Å². The van der Waals surface area contributed by atoms with Crippen molar-refractivity contribution in [3.8, 4) is 0 Å². The molecule has 3 aromatic rings. The third-order valence-electron chi connectivity index (χ3n) is 3.59. The Kier molecular flexibility index (Phi) is 4.08. The summed E-state index contributed by atoms with van der Waals surface area (Å²) in [6, 6.07) is 7.16. The maximum atomic E-state index is 12.9. The number of carbonyl (C=O) groups excluding carboxylic acids is 1. The number of hydrogen-bond donors (Lipinski definition) is 0. The molecule has 1 amide bonds. The molecule has 0 aliphatic heterocycles. The fraction of sp³-hybridized carbons (Fsp3) is 0.312. The molecule has 7 nitrogen and oxygen atoms in total. The second kappa shape index (κ2) is 5.94. The Labute approximate surface area is 147 Å². The zero-order chi connectivity index (χ0) is 17.5. The number of nitrogens with zero attached hydrogens (tertiary/aromatic N) is 6. The van der Waals surface area contributed by atoms with Crippen molar-refractivity contribution in [2.45, 2.75) is 26.2 Å². The number of halogens is 1. The second-order valence-electron chi connectivity index (χ2n) is 6.43. The Bertz CT molecular complexity index is 914. The third-order valence-corrected chi connectivity index (χ3v) is 4.03. The predicted molar refractivity (Wildman–Crippen MR) is 94.2 cm³/mol. The van der Waals surface area contributed by atoms with Crippen LogP contribution < -0.4 is 4.90 Å². The van der Waals surface area contributed by atoms with Gasteiger partial charge in [0.1, 0.15) is 22.4 Å². The summed E-state index contributed by atoms with van der Waals surface area (Å²) >= 11 is 3.31. The van der Waals surface area contributed by atoms with E-state index in [2.05, 4.69) is 56.8 Å². The van der Waals surface area contributed by atoms with Gasteiger partial charge in [0, 0.05) is 12.5 Å². The molecule has 0 atom stereocenters. The van der Waals surface area contributed by atoms with E-state index in [1.165, 1.54) is 11.2 Å². The van der Waals surface area contributed by atoms with Gasteiger partial charge in [-0.25, -0.2) is 14.5 Å². The molecule has 3 aromatic heterocycles. The molecular formula is C16H17BrN6O. The second-order valence-corrected chi connectivity index (χ2v) is 7.24. The molecule has 124 valence electrons. The Hall–Kier alpha value is -2.35. The standard InChI is InChI=1S/C16H17BrN6O/c1-16(2,3)11-8-10(20-15-18-9-19-23(11)15)14(24)22(4)13-7-5-6-12(17)21-13/h5-9H,1-4H3. The van der Waals surface area contributed by atoms with E-state index in [0.717, 1.165) is 5.69 Å². The molecule has 0 radical (unpaired) electrons. The van der Waals surface area contributed by atoms with Crippen LogP contribution in [-0.2, 0) is 5.41 Å². The molecule has 0 aliphatic carbocycles. The molecule has 0 spiro atoms. The number of aromatic nitrogens is 5. The molecule has 3 heterocycles. The average molecular weight is 389 g/mol. The van der Waals surface area contributed by atoms with E-state index >= 15 is 0 Å². The smallest absolute Gasteiger partial charge is 0.277 e. The van der Waals surface area contributed by atoms with Crippen LogP contribution in [0.5, 0.6) is 0 Å². The summed E-state index contributed by atoms with van der Waals surface area (Å²) in [5.41, 5.74) is 0.963. The summed E-state index contributed by atoms with van der Waals surface area (Å²) in [7, 11) is 1.67. The highest BCUT2D eigenvalue weighted by Gasteiger charge is 2.24. The van der Waals surface area contributed by atoms with Gasteiger partial charge in [0.25, 0.3) is 11.7 Å². The minimum atomic E-state index is -0.253. The van der Waals surface area contributed by atoms with Gasteiger partial charge in [-0.15, -0.1) is 0 Å². The number of carbonyl (C=O) groups is 1. The van der Waals surface area contributed by atoms with Crippen molar-refractivity contribution >= 4 is 33.4 Å². The lowest BCUT2D eigenvalue weighted by Gasteiger charge is -2.21. The van der Waals surface area contributed by atoms with E-state index in [0.29, 0.717) is 21.9 Å². The average Bonchev–Trinajstić information content (AvgIpc) is 2.99. The van der Waals surface area contributed by atoms with Crippen LogP contribution in [0, 0.1) is 0 Å². The van der Waals surface area contributed by atoms with Crippen molar-refractivity contribution in [2.24, 2.45) is 0 Å². The van der Waals surface area contributed by atoms with Crippen molar-refractivity contribution in [2.75, 3.05) is 11.9 Å². The molecule has 0 N–H and O–H groups in total. The third kappa shape index (κ3) is 3.01. The molecule has 24 heavy (non-hydrogen) atoms. The maximum absolute atomic E-state index is 12.9. The summed E-state index contributed by atoms with van der Waals surface area (Å²) in [4.78, 5) is 27.1.